The number of aromatic nitrogens is 5. The predicted molar refractivity (Wildman–Crippen MR) is 147 cm³/mol. The average molecular weight is 597 g/mol. The normalized spacial score (nSPS) is 18.8. The molecule has 11 heteroatoms. The largest absolute Gasteiger partial charge is 0.363 e. The van der Waals surface area contributed by atoms with Crippen molar-refractivity contribution in [1.29, 1.82) is 0 Å². The van der Waals surface area contributed by atoms with Gasteiger partial charge in [0.05, 0.1) is 23.3 Å². The molecule has 1 aliphatic heterocycles. The number of fused-ring (bicyclic) bond motifs is 2. The fraction of sp³-hybridized carbons (Fsp3) is 0.360. The molecule has 3 N–H and O–H groups in total. The number of hydrogen-bond acceptors (Lipinski definition) is 7. The molecule has 2 aliphatic rings. The first-order valence-electron chi connectivity index (χ1n) is 12.3. The van der Waals surface area contributed by atoms with Gasteiger partial charge in [0.2, 0.25) is 11.9 Å². The van der Waals surface area contributed by atoms with Gasteiger partial charge in [0, 0.05) is 61.4 Å². The highest BCUT2D eigenvalue weighted by atomic mass is 127. The molecule has 10 nitrogen and oxygen atoms in total. The third kappa shape index (κ3) is 4.52. The van der Waals surface area contributed by atoms with Crippen molar-refractivity contribution < 1.29 is 4.79 Å². The van der Waals surface area contributed by atoms with E-state index in [1.165, 1.54) is 11.1 Å². The molecular weight excluding hydrogens is 569 g/mol. The Morgan fingerprint density at radius 3 is 2.86 bits per heavy atom. The van der Waals surface area contributed by atoms with Crippen LogP contribution < -0.4 is 10.6 Å². The van der Waals surface area contributed by atoms with E-state index in [4.69, 9.17) is 4.98 Å². The summed E-state index contributed by atoms with van der Waals surface area (Å²) in [4.78, 5) is 27.5. The van der Waals surface area contributed by atoms with Crippen molar-refractivity contribution in [2.45, 2.75) is 31.8 Å². The number of H-pyrrole nitrogens is 1. The van der Waals surface area contributed by atoms with Crippen LogP contribution in [0.25, 0.3) is 11.0 Å². The second-order valence-corrected chi connectivity index (χ2v) is 10.7. The smallest absolute Gasteiger partial charge is 0.247 e. The highest BCUT2D eigenvalue weighted by molar-refractivity contribution is 14.1. The molecule has 6 rings (SSSR count). The Hall–Kier alpha value is -3.19. The minimum atomic E-state index is -0.382. The lowest BCUT2D eigenvalue weighted by atomic mass is 10.1. The van der Waals surface area contributed by atoms with Crippen LogP contribution in [0.4, 0.5) is 17.5 Å². The minimum absolute atomic E-state index is 0.0848. The third-order valence-corrected chi connectivity index (χ3v) is 7.97. The number of nitrogens with zero attached hydrogens (tertiary/aromatic N) is 6. The van der Waals surface area contributed by atoms with Crippen LogP contribution in [0.2, 0.25) is 0 Å². The summed E-state index contributed by atoms with van der Waals surface area (Å²) in [5.41, 5.74) is 4.20. The number of amides is 1. The number of benzene rings is 1. The Bertz CT molecular complexity index is 1390. The van der Waals surface area contributed by atoms with Gasteiger partial charge in [-0.15, -0.1) is 0 Å². The van der Waals surface area contributed by atoms with E-state index in [-0.39, 0.29) is 18.0 Å². The summed E-state index contributed by atoms with van der Waals surface area (Å²) in [6, 6.07) is 10.4. The van der Waals surface area contributed by atoms with Gasteiger partial charge >= 0.3 is 0 Å². The fourth-order valence-electron chi connectivity index (χ4n) is 5.00. The highest BCUT2D eigenvalue weighted by Crippen LogP contribution is 2.35. The van der Waals surface area contributed by atoms with Crippen molar-refractivity contribution in [3.8, 4) is 0 Å². The van der Waals surface area contributed by atoms with Gasteiger partial charge in [0.15, 0.2) is 0 Å². The van der Waals surface area contributed by atoms with Crippen LogP contribution in [-0.2, 0) is 11.2 Å². The maximum Gasteiger partial charge on any atom is 0.247 e. The van der Waals surface area contributed by atoms with Gasteiger partial charge in [0.25, 0.3) is 0 Å². The van der Waals surface area contributed by atoms with Crippen LogP contribution in [0.3, 0.4) is 0 Å². The van der Waals surface area contributed by atoms with Crippen molar-refractivity contribution in [3.63, 3.8) is 0 Å². The molecule has 1 aliphatic carbocycles. The molecule has 0 radical (unpaired) electrons. The number of anilines is 3. The molecule has 0 bridgehead atoms. The van der Waals surface area contributed by atoms with E-state index in [1.807, 2.05) is 30.3 Å². The Labute approximate surface area is 223 Å². The number of piperazine rings is 1. The molecule has 4 heterocycles. The molecule has 3 aromatic heterocycles. The maximum atomic E-state index is 13.0. The number of hydrogen-bond donors (Lipinski definition) is 3. The number of rotatable bonds is 6. The molecule has 0 saturated carbocycles. The standard InChI is InChI=1S/C25H28IN9O/c1-16(24(36)33-10-12-34(26)13-11-33)35-15-18(14-28-35)29-25-31-22-20(8-9-27-22)23(32-25)30-21-7-6-17-4-2-3-5-19(17)21/h2-5,8-9,14-16,21H,6-7,10-13H2,1H3,(H3,27,29,30,31,32). The molecular formula is C25H28IN9O. The van der Waals surface area contributed by atoms with E-state index < -0.39 is 0 Å². The summed E-state index contributed by atoms with van der Waals surface area (Å²) in [6.07, 6.45) is 7.50. The van der Waals surface area contributed by atoms with Gasteiger partial charge in [-0.3, -0.25) is 9.48 Å². The highest BCUT2D eigenvalue weighted by Gasteiger charge is 2.26. The summed E-state index contributed by atoms with van der Waals surface area (Å²) >= 11 is 2.30. The van der Waals surface area contributed by atoms with E-state index in [0.29, 0.717) is 5.95 Å². The summed E-state index contributed by atoms with van der Waals surface area (Å²) in [7, 11) is 0. The molecule has 2 atom stereocenters. The first-order valence-corrected chi connectivity index (χ1v) is 13.2. The van der Waals surface area contributed by atoms with Crippen LogP contribution in [0.5, 0.6) is 0 Å². The van der Waals surface area contributed by atoms with Gasteiger partial charge in [-0.05, 0) is 37.0 Å². The van der Waals surface area contributed by atoms with E-state index in [2.05, 4.69) is 75.9 Å². The second-order valence-electron chi connectivity index (χ2n) is 9.32. The van der Waals surface area contributed by atoms with E-state index in [0.717, 1.165) is 61.6 Å². The first-order chi connectivity index (χ1) is 17.5. The summed E-state index contributed by atoms with van der Waals surface area (Å²) < 4.78 is 3.90. The topological polar surface area (TPSA) is 107 Å². The molecule has 4 aromatic rings. The second kappa shape index (κ2) is 9.69. The van der Waals surface area contributed by atoms with E-state index in [1.54, 1.807) is 10.9 Å². The number of aromatic amines is 1. The lowest BCUT2D eigenvalue weighted by molar-refractivity contribution is -0.135. The molecule has 186 valence electrons. The average Bonchev–Trinajstić information content (AvgIpc) is 3.64. The Morgan fingerprint density at radius 2 is 2.00 bits per heavy atom. The predicted octanol–water partition coefficient (Wildman–Crippen LogP) is 4.05. The molecule has 1 amide bonds. The lowest BCUT2D eigenvalue weighted by Gasteiger charge is -2.32. The Kier molecular flexibility index (Phi) is 6.25. The summed E-state index contributed by atoms with van der Waals surface area (Å²) in [6.45, 7) is 5.13. The van der Waals surface area contributed by atoms with Gasteiger partial charge in [-0.25, -0.2) is 3.11 Å². The number of carbonyl (C=O) groups is 1. The third-order valence-electron chi connectivity index (χ3n) is 7.01. The molecule has 36 heavy (non-hydrogen) atoms. The number of halogens is 1. The zero-order valence-electron chi connectivity index (χ0n) is 20.0. The van der Waals surface area contributed by atoms with E-state index in [9.17, 15) is 4.79 Å². The lowest BCUT2D eigenvalue weighted by Crippen LogP contribution is -2.47. The Morgan fingerprint density at radius 1 is 1.17 bits per heavy atom. The first kappa shape index (κ1) is 23.2. The molecule has 1 fully saturated rings. The van der Waals surface area contributed by atoms with Crippen LogP contribution in [0.15, 0.2) is 48.9 Å². The van der Waals surface area contributed by atoms with Crippen molar-refractivity contribution in [2.75, 3.05) is 36.8 Å². The molecule has 2 unspecified atom stereocenters. The summed E-state index contributed by atoms with van der Waals surface area (Å²) in [5, 5.41) is 12.3. The van der Waals surface area contributed by atoms with Gasteiger partial charge in [-0.2, -0.15) is 15.1 Å². The molecule has 0 spiro atoms. The fourth-order valence-corrected chi connectivity index (χ4v) is 5.43. The zero-order chi connectivity index (χ0) is 24.6. The van der Waals surface area contributed by atoms with E-state index >= 15 is 0 Å². The van der Waals surface area contributed by atoms with Crippen molar-refractivity contribution in [2.24, 2.45) is 0 Å². The zero-order valence-corrected chi connectivity index (χ0v) is 22.1. The summed E-state index contributed by atoms with van der Waals surface area (Å²) in [5.74, 6) is 1.34. The minimum Gasteiger partial charge on any atom is -0.363 e. The monoisotopic (exact) mass is 597 g/mol. The SMILES string of the molecule is CC(C(=O)N1CCN(I)CC1)n1cc(Nc2nc(NC3CCc4ccccc43)c3cc[nH]c3n2)cn1. The molecule has 1 saturated heterocycles. The quantitative estimate of drug-likeness (QED) is 0.228. The maximum absolute atomic E-state index is 13.0. The van der Waals surface area contributed by atoms with Crippen LogP contribution in [0, 0.1) is 0 Å². The van der Waals surface area contributed by atoms with Crippen molar-refractivity contribution >= 4 is 57.3 Å². The van der Waals surface area contributed by atoms with Crippen molar-refractivity contribution in [1.82, 2.24) is 32.7 Å². The molecule has 1 aromatic carbocycles. The van der Waals surface area contributed by atoms with Crippen molar-refractivity contribution in [3.05, 3.63) is 60.0 Å². The van der Waals surface area contributed by atoms with Crippen LogP contribution in [-0.4, -0.2) is 64.8 Å². The van der Waals surface area contributed by atoms with Gasteiger partial charge in [0.1, 0.15) is 17.5 Å². The van der Waals surface area contributed by atoms with Crippen LogP contribution >= 0.6 is 22.9 Å². The number of carbonyl (C=O) groups excluding carboxylic acids is 1. The van der Waals surface area contributed by atoms with Gasteiger partial charge < -0.3 is 20.5 Å². The van der Waals surface area contributed by atoms with Gasteiger partial charge in [-0.1, -0.05) is 24.3 Å². The number of nitrogens with one attached hydrogen (secondary N) is 3. The Balaban J connectivity index is 1.19. The van der Waals surface area contributed by atoms with Crippen LogP contribution in [0.1, 0.15) is 36.6 Å². The number of aryl methyl sites for hydroxylation is 1.